The number of carbonyl (C=O) groups is 2. The van der Waals surface area contributed by atoms with E-state index in [-0.39, 0.29) is 17.2 Å². The normalized spacial score (nSPS) is 17.9. The molecule has 1 atom stereocenters. The highest BCUT2D eigenvalue weighted by Crippen LogP contribution is 2.37. The largest absolute Gasteiger partial charge is 0.356 e. The molecule has 0 aromatic heterocycles. The lowest BCUT2D eigenvalue weighted by molar-refractivity contribution is -0.114. The summed E-state index contributed by atoms with van der Waals surface area (Å²) >= 11 is 1.52. The molecule has 1 aliphatic heterocycles. The highest BCUT2D eigenvalue weighted by atomic mass is 32.2. The van der Waals surface area contributed by atoms with E-state index in [1.54, 1.807) is 6.92 Å². The summed E-state index contributed by atoms with van der Waals surface area (Å²) in [4.78, 5) is 25.4. The van der Waals surface area contributed by atoms with Crippen LogP contribution < -0.4 is 10.6 Å². The molecule has 1 amide bonds. The van der Waals surface area contributed by atoms with Crippen molar-refractivity contribution in [2.75, 3.05) is 17.7 Å². The highest BCUT2D eigenvalue weighted by molar-refractivity contribution is 8.04. The zero-order valence-electron chi connectivity index (χ0n) is 12.6. The topological polar surface area (TPSA) is 61.4 Å². The molecule has 1 aromatic rings. The van der Waals surface area contributed by atoms with Crippen molar-refractivity contribution >= 4 is 34.8 Å². The highest BCUT2D eigenvalue weighted by Gasteiger charge is 2.29. The lowest BCUT2D eigenvalue weighted by Crippen LogP contribution is -2.30. The molecule has 21 heavy (non-hydrogen) atoms. The van der Waals surface area contributed by atoms with Gasteiger partial charge >= 0.3 is 0 Å². The average molecular weight is 305 g/mol. The number of ketones is 1. The monoisotopic (exact) mass is 305 g/mol. The second kappa shape index (κ2) is 6.22. The number of amides is 1. The number of rotatable bonds is 4. The van der Waals surface area contributed by atoms with Gasteiger partial charge in [0.2, 0.25) is 5.91 Å². The fourth-order valence-corrected chi connectivity index (χ4v) is 3.29. The molecular weight excluding hydrogens is 286 g/mol. The maximum Gasteiger partial charge on any atom is 0.221 e. The number of carbonyl (C=O) groups excluding carboxylic acids is 2. The van der Waals surface area contributed by atoms with Crippen molar-refractivity contribution in [3.63, 3.8) is 0 Å². The van der Waals surface area contributed by atoms with Crippen LogP contribution in [-0.4, -0.2) is 29.1 Å². The van der Waals surface area contributed by atoms with Gasteiger partial charge < -0.3 is 15.5 Å². The molecule has 6 heteroatoms. The maximum absolute atomic E-state index is 11.6. The fourth-order valence-electron chi connectivity index (χ4n) is 2.07. The Morgan fingerprint density at radius 2 is 1.71 bits per heavy atom. The first-order chi connectivity index (χ1) is 9.88. The van der Waals surface area contributed by atoms with Crippen LogP contribution in [0.25, 0.3) is 0 Å². The molecule has 1 heterocycles. The summed E-state index contributed by atoms with van der Waals surface area (Å²) in [6, 6.07) is 7.49. The van der Waals surface area contributed by atoms with E-state index in [0.29, 0.717) is 0 Å². The predicted octanol–water partition coefficient (Wildman–Crippen LogP) is 2.84. The fraction of sp³-hybridized carbons (Fsp3) is 0.333. The molecule has 0 aliphatic carbocycles. The smallest absolute Gasteiger partial charge is 0.221 e. The summed E-state index contributed by atoms with van der Waals surface area (Å²) < 4.78 is 0. The Morgan fingerprint density at radius 3 is 2.19 bits per heavy atom. The molecule has 0 fully saturated rings. The molecule has 1 aromatic carbocycles. The Hall–Kier alpha value is -1.95. The molecule has 0 radical (unpaired) electrons. The third-order valence-electron chi connectivity index (χ3n) is 3.25. The Balaban J connectivity index is 2.03. The molecule has 2 N–H and O–H groups in total. The minimum atomic E-state index is -0.0901. The minimum Gasteiger partial charge on any atom is -0.356 e. The molecular formula is C15H19N3O2S. The predicted molar refractivity (Wildman–Crippen MR) is 86.9 cm³/mol. The van der Waals surface area contributed by atoms with Gasteiger partial charge in [-0.2, -0.15) is 0 Å². The lowest BCUT2D eigenvalue weighted by atomic mass is 10.3. The molecule has 0 bridgehead atoms. The van der Waals surface area contributed by atoms with Crippen LogP contribution in [-0.2, 0) is 9.59 Å². The van der Waals surface area contributed by atoms with E-state index in [0.717, 1.165) is 22.0 Å². The second-order valence-electron chi connectivity index (χ2n) is 4.95. The summed E-state index contributed by atoms with van der Waals surface area (Å²) in [6.45, 7) is 5.02. The number of hydrogen-bond donors (Lipinski definition) is 2. The van der Waals surface area contributed by atoms with Gasteiger partial charge in [0.05, 0.1) is 4.91 Å². The van der Waals surface area contributed by atoms with Crippen molar-refractivity contribution in [1.82, 2.24) is 4.90 Å². The van der Waals surface area contributed by atoms with E-state index >= 15 is 0 Å². The van der Waals surface area contributed by atoms with Gasteiger partial charge in [0.15, 0.2) is 11.3 Å². The number of benzene rings is 1. The van der Waals surface area contributed by atoms with Gasteiger partial charge in [-0.15, -0.1) is 0 Å². The summed E-state index contributed by atoms with van der Waals surface area (Å²) in [5, 5.41) is 6.10. The first kappa shape index (κ1) is 15.4. The SMILES string of the molecule is CC(=O)Nc1ccc(NC2SC(C(C)=O)=C(C)N2C)cc1. The third kappa shape index (κ3) is 3.58. The molecule has 112 valence electrons. The van der Waals surface area contributed by atoms with Gasteiger partial charge in [0.25, 0.3) is 0 Å². The Kier molecular flexibility index (Phi) is 4.57. The number of anilines is 2. The third-order valence-corrected chi connectivity index (χ3v) is 4.73. The summed E-state index contributed by atoms with van der Waals surface area (Å²) in [5.74, 6) is 0.00220. The van der Waals surface area contributed by atoms with Gasteiger partial charge in [-0.05, 0) is 38.1 Å². The standard InChI is InChI=1S/C15H19N3O2S/c1-9-14(10(2)19)21-15(18(9)4)17-13-7-5-12(6-8-13)16-11(3)20/h5-8,15,17H,1-4H3,(H,16,20). The van der Waals surface area contributed by atoms with Crippen LogP contribution >= 0.6 is 11.8 Å². The molecule has 1 aliphatic rings. The van der Waals surface area contributed by atoms with Crippen LogP contribution in [0.5, 0.6) is 0 Å². The van der Waals surface area contributed by atoms with Crippen molar-refractivity contribution in [3.05, 3.63) is 34.9 Å². The number of nitrogens with zero attached hydrogens (tertiary/aromatic N) is 1. The summed E-state index contributed by atoms with van der Waals surface area (Å²) in [7, 11) is 1.96. The Morgan fingerprint density at radius 1 is 1.14 bits per heavy atom. The van der Waals surface area contributed by atoms with E-state index in [1.165, 1.54) is 18.7 Å². The van der Waals surface area contributed by atoms with Crippen molar-refractivity contribution in [1.29, 1.82) is 0 Å². The molecule has 1 unspecified atom stereocenters. The number of thioether (sulfide) groups is 1. The number of allylic oxidation sites excluding steroid dienone is 2. The van der Waals surface area contributed by atoms with Crippen molar-refractivity contribution < 1.29 is 9.59 Å². The van der Waals surface area contributed by atoms with E-state index in [2.05, 4.69) is 10.6 Å². The first-order valence-electron chi connectivity index (χ1n) is 6.64. The first-order valence-corrected chi connectivity index (χ1v) is 7.52. The van der Waals surface area contributed by atoms with Crippen LogP contribution in [0.2, 0.25) is 0 Å². The van der Waals surface area contributed by atoms with Gasteiger partial charge in [-0.1, -0.05) is 11.8 Å². The number of hydrogen-bond acceptors (Lipinski definition) is 5. The molecule has 2 rings (SSSR count). The summed E-state index contributed by atoms with van der Waals surface area (Å²) in [6.07, 6.45) is 0. The van der Waals surface area contributed by atoms with Crippen LogP contribution in [0.1, 0.15) is 20.8 Å². The molecule has 0 saturated carbocycles. The number of Topliss-reactive ketones (excluding diaryl/α,β-unsaturated/α-hetero) is 1. The van der Waals surface area contributed by atoms with E-state index in [4.69, 9.17) is 0 Å². The summed E-state index contributed by atoms with van der Waals surface area (Å²) in [5.41, 5.74) is 2.68. The Labute approximate surface area is 128 Å². The zero-order chi connectivity index (χ0) is 15.6. The van der Waals surface area contributed by atoms with E-state index < -0.39 is 0 Å². The van der Waals surface area contributed by atoms with Crippen molar-refractivity contribution in [3.8, 4) is 0 Å². The minimum absolute atomic E-state index is 0.00415. The maximum atomic E-state index is 11.6. The lowest BCUT2D eigenvalue weighted by Gasteiger charge is -2.24. The zero-order valence-corrected chi connectivity index (χ0v) is 13.4. The van der Waals surface area contributed by atoms with E-state index in [1.807, 2.05) is 43.1 Å². The van der Waals surface area contributed by atoms with Crippen LogP contribution in [0, 0.1) is 0 Å². The molecule has 0 spiro atoms. The van der Waals surface area contributed by atoms with Crippen LogP contribution in [0.4, 0.5) is 11.4 Å². The second-order valence-corrected chi connectivity index (χ2v) is 6.05. The number of nitrogens with one attached hydrogen (secondary N) is 2. The van der Waals surface area contributed by atoms with Crippen molar-refractivity contribution in [2.24, 2.45) is 0 Å². The molecule has 5 nitrogen and oxygen atoms in total. The van der Waals surface area contributed by atoms with Gasteiger partial charge in [0.1, 0.15) is 0 Å². The van der Waals surface area contributed by atoms with Crippen LogP contribution in [0.3, 0.4) is 0 Å². The van der Waals surface area contributed by atoms with E-state index in [9.17, 15) is 9.59 Å². The van der Waals surface area contributed by atoms with Crippen LogP contribution in [0.15, 0.2) is 34.9 Å². The Bertz CT molecular complexity index is 595. The molecule has 0 saturated heterocycles. The average Bonchev–Trinajstić information content (AvgIpc) is 2.69. The van der Waals surface area contributed by atoms with Gasteiger partial charge in [-0.25, -0.2) is 0 Å². The van der Waals surface area contributed by atoms with Crippen molar-refractivity contribution in [2.45, 2.75) is 26.3 Å². The van der Waals surface area contributed by atoms with Gasteiger partial charge in [0, 0.05) is 31.0 Å². The van der Waals surface area contributed by atoms with Gasteiger partial charge in [-0.3, -0.25) is 9.59 Å². The quantitative estimate of drug-likeness (QED) is 0.895.